The van der Waals surface area contributed by atoms with Crippen LogP contribution in [0.1, 0.15) is 12.7 Å². The first kappa shape index (κ1) is 17.1. The summed E-state index contributed by atoms with van der Waals surface area (Å²) in [5, 5.41) is 5.15. The zero-order chi connectivity index (χ0) is 18.6. The van der Waals surface area contributed by atoms with E-state index in [2.05, 4.69) is 22.4 Å². The van der Waals surface area contributed by atoms with Crippen molar-refractivity contribution in [2.45, 2.75) is 20.1 Å². The Bertz CT molecular complexity index is 1100. The van der Waals surface area contributed by atoms with Crippen molar-refractivity contribution in [1.29, 1.82) is 0 Å². The second kappa shape index (κ2) is 7.50. The summed E-state index contributed by atoms with van der Waals surface area (Å²) in [6.45, 7) is 3.04. The molecule has 0 atom stereocenters. The van der Waals surface area contributed by atoms with Gasteiger partial charge in [-0.05, 0) is 42.0 Å². The van der Waals surface area contributed by atoms with Gasteiger partial charge < -0.3 is 14.6 Å². The van der Waals surface area contributed by atoms with Gasteiger partial charge in [-0.15, -0.1) is 0 Å². The minimum Gasteiger partial charge on any atom is -0.486 e. The van der Waals surface area contributed by atoms with Gasteiger partial charge >= 0.3 is 0 Å². The highest BCUT2D eigenvalue weighted by molar-refractivity contribution is 5.84. The lowest BCUT2D eigenvalue weighted by molar-refractivity contribution is -0.121. The number of hydrogen-bond donors (Lipinski definition) is 1. The summed E-state index contributed by atoms with van der Waals surface area (Å²) in [7, 11) is 0. The van der Waals surface area contributed by atoms with Crippen LogP contribution < -0.4 is 10.1 Å². The molecule has 0 bridgehead atoms. The number of para-hydroxylation sites is 2. The topological polar surface area (TPSA) is 56.2 Å². The van der Waals surface area contributed by atoms with Crippen molar-refractivity contribution in [1.82, 2.24) is 14.9 Å². The number of carbonyl (C=O) groups is 1. The molecule has 27 heavy (non-hydrogen) atoms. The van der Waals surface area contributed by atoms with E-state index in [-0.39, 0.29) is 12.5 Å². The Morgan fingerprint density at radius 2 is 1.81 bits per heavy atom. The summed E-state index contributed by atoms with van der Waals surface area (Å²) < 4.78 is 7.91. The molecule has 5 nitrogen and oxygen atoms in total. The Morgan fingerprint density at radius 1 is 1.04 bits per heavy atom. The standard InChI is InChI=1S/C22H21N3O2/c1-2-23-22(26)14-25-20-10-6-5-9-19(20)24-21(25)15-27-18-12-11-16-7-3-4-8-17(16)13-18/h3-13H,2,14-15H2,1H3,(H,23,26). The number of rotatable bonds is 6. The first-order chi connectivity index (χ1) is 13.2. The lowest BCUT2D eigenvalue weighted by Gasteiger charge is -2.11. The van der Waals surface area contributed by atoms with Crippen molar-refractivity contribution < 1.29 is 9.53 Å². The molecule has 1 heterocycles. The van der Waals surface area contributed by atoms with Gasteiger partial charge in [0, 0.05) is 6.54 Å². The fourth-order valence-corrected chi connectivity index (χ4v) is 3.21. The predicted octanol–water partition coefficient (Wildman–Crippen LogP) is 3.90. The molecular weight excluding hydrogens is 338 g/mol. The van der Waals surface area contributed by atoms with Gasteiger partial charge in [0.2, 0.25) is 5.91 Å². The highest BCUT2D eigenvalue weighted by atomic mass is 16.5. The van der Waals surface area contributed by atoms with Crippen molar-refractivity contribution in [3.63, 3.8) is 0 Å². The van der Waals surface area contributed by atoms with Gasteiger partial charge in [-0.2, -0.15) is 0 Å². The van der Waals surface area contributed by atoms with Gasteiger partial charge in [-0.1, -0.05) is 42.5 Å². The number of carbonyl (C=O) groups excluding carboxylic acids is 1. The molecule has 136 valence electrons. The first-order valence-corrected chi connectivity index (χ1v) is 9.07. The second-order valence-electron chi connectivity index (χ2n) is 6.35. The number of fused-ring (bicyclic) bond motifs is 2. The van der Waals surface area contributed by atoms with Gasteiger partial charge in [0.05, 0.1) is 11.0 Å². The summed E-state index contributed by atoms with van der Waals surface area (Å²) in [5.74, 6) is 1.48. The van der Waals surface area contributed by atoms with Crippen molar-refractivity contribution >= 4 is 27.7 Å². The monoisotopic (exact) mass is 359 g/mol. The molecule has 0 aliphatic rings. The number of benzene rings is 3. The Kier molecular flexibility index (Phi) is 4.75. The molecule has 0 spiro atoms. The lowest BCUT2D eigenvalue weighted by atomic mass is 10.1. The van der Waals surface area contributed by atoms with E-state index in [1.807, 2.05) is 66.1 Å². The number of hydrogen-bond acceptors (Lipinski definition) is 3. The van der Waals surface area contributed by atoms with Gasteiger partial charge in [0.15, 0.2) is 0 Å². The SMILES string of the molecule is CCNC(=O)Cn1c(COc2ccc3ccccc3c2)nc2ccccc21. The molecule has 0 aliphatic carbocycles. The van der Waals surface area contributed by atoms with Crippen molar-refractivity contribution in [3.8, 4) is 5.75 Å². The quantitative estimate of drug-likeness (QED) is 0.568. The first-order valence-electron chi connectivity index (χ1n) is 9.07. The molecule has 0 saturated carbocycles. The van der Waals surface area contributed by atoms with E-state index in [9.17, 15) is 4.79 Å². The van der Waals surface area contributed by atoms with E-state index in [0.717, 1.165) is 28.0 Å². The molecule has 1 aromatic heterocycles. The third-order valence-corrected chi connectivity index (χ3v) is 4.50. The van der Waals surface area contributed by atoms with Crippen LogP contribution in [0.3, 0.4) is 0 Å². The summed E-state index contributed by atoms with van der Waals surface area (Å²) in [6.07, 6.45) is 0. The summed E-state index contributed by atoms with van der Waals surface area (Å²) in [6, 6.07) is 22.0. The maximum Gasteiger partial charge on any atom is 0.240 e. The number of ether oxygens (including phenoxy) is 1. The normalized spacial score (nSPS) is 11.0. The molecule has 5 heteroatoms. The van der Waals surface area contributed by atoms with Crippen molar-refractivity contribution in [2.24, 2.45) is 0 Å². The summed E-state index contributed by atoms with van der Waals surface area (Å²) in [5.41, 5.74) is 1.79. The number of aromatic nitrogens is 2. The zero-order valence-corrected chi connectivity index (χ0v) is 15.2. The van der Waals surface area contributed by atoms with Crippen molar-refractivity contribution in [3.05, 3.63) is 72.6 Å². The minimum atomic E-state index is -0.0346. The third-order valence-electron chi connectivity index (χ3n) is 4.50. The molecule has 4 rings (SSSR count). The average Bonchev–Trinajstić information content (AvgIpc) is 3.04. The van der Waals surface area contributed by atoms with E-state index < -0.39 is 0 Å². The van der Waals surface area contributed by atoms with Crippen LogP contribution in [-0.4, -0.2) is 22.0 Å². The average molecular weight is 359 g/mol. The molecule has 0 fully saturated rings. The van der Waals surface area contributed by atoms with Crippen LogP contribution in [0, 0.1) is 0 Å². The largest absolute Gasteiger partial charge is 0.486 e. The maximum atomic E-state index is 12.1. The molecule has 3 aromatic carbocycles. The van der Waals surface area contributed by atoms with Gasteiger partial charge in [0.25, 0.3) is 0 Å². The predicted molar refractivity (Wildman–Crippen MR) is 107 cm³/mol. The van der Waals surface area contributed by atoms with Crippen molar-refractivity contribution in [2.75, 3.05) is 6.54 Å². The molecule has 4 aromatic rings. The Hall–Kier alpha value is -3.34. The summed E-state index contributed by atoms with van der Waals surface area (Å²) in [4.78, 5) is 16.8. The third kappa shape index (κ3) is 3.62. The molecule has 1 amide bonds. The van der Waals surface area contributed by atoms with E-state index >= 15 is 0 Å². The number of nitrogens with one attached hydrogen (secondary N) is 1. The molecule has 0 aliphatic heterocycles. The summed E-state index contributed by atoms with van der Waals surface area (Å²) >= 11 is 0. The van der Waals surface area contributed by atoms with E-state index in [1.54, 1.807) is 0 Å². The van der Waals surface area contributed by atoms with E-state index in [0.29, 0.717) is 13.2 Å². The Balaban J connectivity index is 1.61. The fourth-order valence-electron chi connectivity index (χ4n) is 3.21. The zero-order valence-electron chi connectivity index (χ0n) is 15.2. The molecule has 0 unspecified atom stereocenters. The number of amides is 1. The maximum absolute atomic E-state index is 12.1. The molecule has 0 saturated heterocycles. The van der Waals surface area contributed by atoms with Crippen LogP contribution in [0.15, 0.2) is 66.7 Å². The molecular formula is C22H21N3O2. The van der Waals surface area contributed by atoms with E-state index in [1.165, 1.54) is 5.39 Å². The fraction of sp³-hybridized carbons (Fsp3) is 0.182. The van der Waals surface area contributed by atoms with Gasteiger partial charge in [0.1, 0.15) is 24.7 Å². The van der Waals surface area contributed by atoms with Crippen LogP contribution in [-0.2, 0) is 17.9 Å². The minimum absolute atomic E-state index is 0.0346. The van der Waals surface area contributed by atoms with Gasteiger partial charge in [-0.3, -0.25) is 4.79 Å². The number of nitrogens with zero attached hydrogens (tertiary/aromatic N) is 2. The Labute approximate surface area is 157 Å². The van der Waals surface area contributed by atoms with Crippen LogP contribution in [0.5, 0.6) is 5.75 Å². The molecule has 1 N–H and O–H groups in total. The smallest absolute Gasteiger partial charge is 0.240 e. The number of imidazole rings is 1. The molecule has 0 radical (unpaired) electrons. The van der Waals surface area contributed by atoms with Crippen LogP contribution in [0.4, 0.5) is 0 Å². The highest BCUT2D eigenvalue weighted by Crippen LogP contribution is 2.22. The van der Waals surface area contributed by atoms with Crippen LogP contribution in [0.25, 0.3) is 21.8 Å². The lowest BCUT2D eigenvalue weighted by Crippen LogP contribution is -2.28. The second-order valence-corrected chi connectivity index (χ2v) is 6.35. The van der Waals surface area contributed by atoms with Crippen LogP contribution in [0.2, 0.25) is 0 Å². The Morgan fingerprint density at radius 3 is 2.67 bits per heavy atom. The van der Waals surface area contributed by atoms with E-state index in [4.69, 9.17) is 4.74 Å². The highest BCUT2D eigenvalue weighted by Gasteiger charge is 2.14. The van der Waals surface area contributed by atoms with Gasteiger partial charge in [-0.25, -0.2) is 4.98 Å². The van der Waals surface area contributed by atoms with Crippen LogP contribution >= 0.6 is 0 Å². The number of likely N-dealkylation sites (N-methyl/N-ethyl adjacent to an activating group) is 1.